The Morgan fingerprint density at radius 2 is 2.36 bits per heavy atom. The summed E-state index contributed by atoms with van der Waals surface area (Å²) in [5, 5.41) is 3.53. The van der Waals surface area contributed by atoms with Crippen molar-refractivity contribution >= 4 is 6.09 Å². The lowest BCUT2D eigenvalue weighted by molar-refractivity contribution is 0.153. The average molecular weight is 200 g/mol. The summed E-state index contributed by atoms with van der Waals surface area (Å²) in [5.41, 5.74) is 0. The van der Waals surface area contributed by atoms with Crippen LogP contribution >= 0.6 is 0 Å². The molecule has 0 spiro atoms. The highest BCUT2D eigenvalue weighted by Gasteiger charge is 2.11. The minimum Gasteiger partial charge on any atom is -0.388 e. The molecule has 6 nitrogen and oxygen atoms in total. The Kier molecular flexibility index (Phi) is 3.47. The maximum absolute atomic E-state index is 11.1. The largest absolute Gasteiger partial charge is 0.416 e. The summed E-state index contributed by atoms with van der Waals surface area (Å²) in [4.78, 5) is 12.4. The van der Waals surface area contributed by atoms with Crippen LogP contribution in [-0.4, -0.2) is 37.4 Å². The molecule has 0 saturated heterocycles. The zero-order valence-corrected chi connectivity index (χ0v) is 8.31. The van der Waals surface area contributed by atoms with Crippen molar-refractivity contribution in [1.29, 1.82) is 0 Å². The SMILES string of the molecule is COCc1cc(OC(=O)N(C)C)no1. The van der Waals surface area contributed by atoms with Gasteiger partial charge in [0.25, 0.3) is 5.88 Å². The molecule has 0 N–H and O–H groups in total. The Morgan fingerprint density at radius 1 is 1.64 bits per heavy atom. The third-order valence-corrected chi connectivity index (χ3v) is 1.38. The molecular formula is C8H12N2O4. The molecule has 1 heterocycles. The van der Waals surface area contributed by atoms with Crippen molar-refractivity contribution in [2.75, 3.05) is 21.2 Å². The zero-order chi connectivity index (χ0) is 10.6. The molecule has 1 rings (SSSR count). The summed E-state index contributed by atoms with van der Waals surface area (Å²) in [6.45, 7) is 0.298. The van der Waals surface area contributed by atoms with E-state index in [2.05, 4.69) is 5.16 Å². The third-order valence-electron chi connectivity index (χ3n) is 1.38. The molecule has 0 saturated carbocycles. The van der Waals surface area contributed by atoms with Crippen LogP contribution in [0.4, 0.5) is 4.79 Å². The normalized spacial score (nSPS) is 9.93. The zero-order valence-electron chi connectivity index (χ0n) is 8.31. The van der Waals surface area contributed by atoms with Gasteiger partial charge in [-0.25, -0.2) is 4.79 Å². The van der Waals surface area contributed by atoms with Crippen LogP contribution in [0, 0.1) is 0 Å². The Balaban J connectivity index is 2.55. The number of aromatic nitrogens is 1. The Morgan fingerprint density at radius 3 is 2.93 bits per heavy atom. The van der Waals surface area contributed by atoms with Gasteiger partial charge in [-0.3, -0.25) is 0 Å². The molecule has 0 radical (unpaired) electrons. The molecular weight excluding hydrogens is 188 g/mol. The highest BCUT2D eigenvalue weighted by atomic mass is 16.6. The predicted molar refractivity (Wildman–Crippen MR) is 46.9 cm³/mol. The highest BCUT2D eigenvalue weighted by Crippen LogP contribution is 2.12. The molecule has 0 fully saturated rings. The summed E-state index contributed by atoms with van der Waals surface area (Å²) < 4.78 is 14.5. The molecule has 0 aliphatic carbocycles. The number of hydrogen-bond donors (Lipinski definition) is 0. The second kappa shape index (κ2) is 4.61. The number of ether oxygens (including phenoxy) is 2. The number of hydrogen-bond acceptors (Lipinski definition) is 5. The molecule has 6 heteroatoms. The van der Waals surface area contributed by atoms with E-state index in [-0.39, 0.29) is 5.88 Å². The van der Waals surface area contributed by atoms with Crippen LogP contribution in [0.25, 0.3) is 0 Å². The van der Waals surface area contributed by atoms with E-state index >= 15 is 0 Å². The van der Waals surface area contributed by atoms with Crippen molar-refractivity contribution in [3.63, 3.8) is 0 Å². The van der Waals surface area contributed by atoms with Crippen molar-refractivity contribution in [1.82, 2.24) is 10.1 Å². The van der Waals surface area contributed by atoms with Crippen molar-refractivity contribution < 1.29 is 18.8 Å². The van der Waals surface area contributed by atoms with Gasteiger partial charge in [0.1, 0.15) is 6.61 Å². The lowest BCUT2D eigenvalue weighted by Gasteiger charge is -2.07. The van der Waals surface area contributed by atoms with Gasteiger partial charge in [-0.05, 0) is 5.16 Å². The van der Waals surface area contributed by atoms with Crippen LogP contribution in [0.15, 0.2) is 10.6 Å². The lowest BCUT2D eigenvalue weighted by Crippen LogP contribution is -2.25. The van der Waals surface area contributed by atoms with Crippen LogP contribution in [0.1, 0.15) is 5.76 Å². The number of carbonyl (C=O) groups is 1. The maximum Gasteiger partial charge on any atom is 0.416 e. The van der Waals surface area contributed by atoms with Gasteiger partial charge < -0.3 is 18.9 Å². The molecule has 1 aromatic rings. The minimum absolute atomic E-state index is 0.135. The molecule has 78 valence electrons. The first-order valence-corrected chi connectivity index (χ1v) is 3.97. The van der Waals surface area contributed by atoms with Crippen LogP contribution < -0.4 is 4.74 Å². The third kappa shape index (κ3) is 2.74. The quantitative estimate of drug-likeness (QED) is 0.724. The van der Waals surface area contributed by atoms with Crippen molar-refractivity contribution in [2.45, 2.75) is 6.61 Å². The van der Waals surface area contributed by atoms with E-state index in [1.807, 2.05) is 0 Å². The molecule has 0 aliphatic heterocycles. The van der Waals surface area contributed by atoms with Crippen LogP contribution in [-0.2, 0) is 11.3 Å². The van der Waals surface area contributed by atoms with E-state index in [4.69, 9.17) is 14.0 Å². The van der Waals surface area contributed by atoms with Crippen LogP contribution in [0.3, 0.4) is 0 Å². The average Bonchev–Trinajstić information content (AvgIpc) is 2.53. The Hall–Kier alpha value is -1.56. The van der Waals surface area contributed by atoms with Gasteiger partial charge in [0, 0.05) is 27.3 Å². The number of methoxy groups -OCH3 is 1. The minimum atomic E-state index is -0.498. The van der Waals surface area contributed by atoms with Crippen molar-refractivity contribution in [2.24, 2.45) is 0 Å². The Labute approximate surface area is 81.4 Å². The fourth-order valence-corrected chi connectivity index (χ4v) is 0.733. The van der Waals surface area contributed by atoms with Gasteiger partial charge >= 0.3 is 6.09 Å². The van der Waals surface area contributed by atoms with E-state index in [0.717, 1.165) is 0 Å². The van der Waals surface area contributed by atoms with Gasteiger partial charge in [0.2, 0.25) is 0 Å². The monoisotopic (exact) mass is 200 g/mol. The molecule has 1 amide bonds. The molecule has 0 unspecified atom stereocenters. The summed E-state index contributed by atoms with van der Waals surface area (Å²) in [5.74, 6) is 0.643. The van der Waals surface area contributed by atoms with Crippen molar-refractivity contribution in [3.05, 3.63) is 11.8 Å². The van der Waals surface area contributed by atoms with Gasteiger partial charge in [-0.15, -0.1) is 0 Å². The number of rotatable bonds is 3. The number of amides is 1. The first-order valence-electron chi connectivity index (χ1n) is 3.97. The van der Waals surface area contributed by atoms with Gasteiger partial charge in [-0.1, -0.05) is 0 Å². The molecule has 0 aromatic carbocycles. The molecule has 0 bridgehead atoms. The van der Waals surface area contributed by atoms with E-state index in [1.165, 1.54) is 18.1 Å². The van der Waals surface area contributed by atoms with Gasteiger partial charge in [0.05, 0.1) is 0 Å². The molecule has 1 aromatic heterocycles. The number of nitrogens with zero attached hydrogens (tertiary/aromatic N) is 2. The second-order valence-corrected chi connectivity index (χ2v) is 2.83. The summed E-state index contributed by atoms with van der Waals surface area (Å²) in [7, 11) is 4.70. The molecule has 0 aliphatic rings. The first kappa shape index (κ1) is 10.5. The molecule has 14 heavy (non-hydrogen) atoms. The van der Waals surface area contributed by atoms with E-state index < -0.39 is 6.09 Å². The standard InChI is InChI=1S/C8H12N2O4/c1-10(2)8(11)13-7-4-6(5-12-3)14-9-7/h4H,5H2,1-3H3. The first-order chi connectivity index (χ1) is 6.63. The van der Waals surface area contributed by atoms with E-state index in [0.29, 0.717) is 12.4 Å². The highest BCUT2D eigenvalue weighted by molar-refractivity contribution is 5.69. The van der Waals surface area contributed by atoms with Crippen molar-refractivity contribution in [3.8, 4) is 5.88 Å². The fourth-order valence-electron chi connectivity index (χ4n) is 0.733. The smallest absolute Gasteiger partial charge is 0.388 e. The number of carbonyl (C=O) groups excluding carboxylic acids is 1. The van der Waals surface area contributed by atoms with E-state index in [9.17, 15) is 4.79 Å². The van der Waals surface area contributed by atoms with Gasteiger partial charge in [-0.2, -0.15) is 0 Å². The molecule has 0 atom stereocenters. The fraction of sp³-hybridized carbons (Fsp3) is 0.500. The van der Waals surface area contributed by atoms with E-state index in [1.54, 1.807) is 14.1 Å². The van der Waals surface area contributed by atoms with Gasteiger partial charge in [0.15, 0.2) is 5.76 Å². The summed E-state index contributed by atoms with van der Waals surface area (Å²) in [6.07, 6.45) is -0.498. The second-order valence-electron chi connectivity index (χ2n) is 2.83. The van der Waals surface area contributed by atoms with Crippen LogP contribution in [0.5, 0.6) is 5.88 Å². The predicted octanol–water partition coefficient (Wildman–Crippen LogP) is 0.881. The topological polar surface area (TPSA) is 64.8 Å². The van der Waals surface area contributed by atoms with Crippen LogP contribution in [0.2, 0.25) is 0 Å². The lowest BCUT2D eigenvalue weighted by atomic mass is 10.5. The Bertz CT molecular complexity index is 308. The summed E-state index contributed by atoms with van der Waals surface area (Å²) >= 11 is 0. The summed E-state index contributed by atoms with van der Waals surface area (Å²) in [6, 6.07) is 1.50. The maximum atomic E-state index is 11.1.